The number of azo groups is 2. The van der Waals surface area contributed by atoms with E-state index < -0.39 is 212 Å². The fraction of sp³-hybridized carbons (Fsp3) is 0. The molecular formula is C52H24Cl6N16Na6O21S5. The van der Waals surface area contributed by atoms with E-state index in [0.717, 1.165) is 30.3 Å². The first-order chi connectivity index (χ1) is 46.6. The summed E-state index contributed by atoms with van der Waals surface area (Å²) in [5.74, 6) is -4.44. The molecule has 0 saturated carbocycles. The van der Waals surface area contributed by atoms with Gasteiger partial charge in [0.1, 0.15) is 73.3 Å². The molecule has 6 N–H and O–H groups in total. The Kier molecular flexibility index (Phi) is 33.6. The third-order valence-electron chi connectivity index (χ3n) is 13.1. The van der Waals surface area contributed by atoms with Gasteiger partial charge in [0, 0.05) is 40.7 Å². The first-order valence-electron chi connectivity index (χ1n) is 25.9. The van der Waals surface area contributed by atoms with Crippen LogP contribution in [0.25, 0.3) is 33.7 Å². The average molecular weight is 1720 g/mol. The van der Waals surface area contributed by atoms with Gasteiger partial charge in [0.05, 0.1) is 65.8 Å². The van der Waals surface area contributed by atoms with Crippen LogP contribution in [0.5, 0.6) is 11.5 Å². The van der Waals surface area contributed by atoms with Gasteiger partial charge in [-0.25, -0.2) is 42.1 Å². The zero-order valence-electron chi connectivity index (χ0n) is 53.7. The Hall–Kier alpha value is -3.87. The predicted octanol–water partition coefficient (Wildman–Crippen LogP) is -6.17. The maximum Gasteiger partial charge on any atom is 1.00 e. The van der Waals surface area contributed by atoms with Crippen molar-refractivity contribution in [1.29, 1.82) is 0 Å². The molecule has 2 aromatic heterocycles. The third kappa shape index (κ3) is 22.7. The Labute approximate surface area is 758 Å². The second-order valence-corrected chi connectivity index (χ2v) is 28.7. The van der Waals surface area contributed by atoms with Crippen molar-refractivity contribution in [1.82, 2.24) is 29.9 Å². The van der Waals surface area contributed by atoms with Crippen molar-refractivity contribution in [3.63, 3.8) is 0 Å². The molecule has 0 unspecified atom stereocenters. The molecule has 10 rings (SSSR count). The molecule has 0 bridgehead atoms. The molecule has 2 heterocycles. The van der Waals surface area contributed by atoms with Gasteiger partial charge < -0.3 is 54.2 Å². The molecule has 0 fully saturated rings. The summed E-state index contributed by atoms with van der Waals surface area (Å²) in [6, 6.07) is 17.1. The van der Waals surface area contributed by atoms with Crippen LogP contribution < -0.4 is 199 Å². The number of phenols is 2. The largest absolute Gasteiger partial charge is 1.00 e. The number of benzene rings is 8. The van der Waals surface area contributed by atoms with Gasteiger partial charge in [-0.05, 0) is 93.8 Å². The quantitative estimate of drug-likeness (QED) is 0.00741. The van der Waals surface area contributed by atoms with E-state index in [1.54, 1.807) is 0 Å². The molecule has 0 aliphatic heterocycles. The molecule has 0 aliphatic carbocycles. The summed E-state index contributed by atoms with van der Waals surface area (Å²) in [7, 11) is -27.5. The van der Waals surface area contributed by atoms with Crippen molar-refractivity contribution in [3.05, 3.63) is 165 Å². The molecule has 8 aromatic carbocycles. The van der Waals surface area contributed by atoms with Gasteiger partial charge in [0.25, 0.3) is 11.4 Å². The number of nitro benzene ring substituents is 2. The first-order valence-corrected chi connectivity index (χ1v) is 35.2. The minimum absolute atomic E-state index is 0. The predicted molar refractivity (Wildman–Crippen MR) is 349 cm³/mol. The van der Waals surface area contributed by atoms with Crippen LogP contribution in [0.3, 0.4) is 0 Å². The van der Waals surface area contributed by atoms with E-state index in [1.807, 2.05) is 0 Å². The molecule has 0 radical (unpaired) electrons. The van der Waals surface area contributed by atoms with Gasteiger partial charge in [0.2, 0.25) is 34.4 Å². The van der Waals surface area contributed by atoms with Gasteiger partial charge in [-0.2, -0.15) is 35.5 Å². The van der Waals surface area contributed by atoms with Crippen LogP contribution in [-0.2, 0) is 50.6 Å². The maximum atomic E-state index is 12.7. The van der Waals surface area contributed by atoms with E-state index in [1.165, 1.54) is 42.5 Å². The van der Waals surface area contributed by atoms with Crippen molar-refractivity contribution in [3.8, 4) is 11.5 Å². The Balaban J connectivity index is 0.00000396. The minimum atomic E-state index is -5.67. The van der Waals surface area contributed by atoms with E-state index in [-0.39, 0.29) is 206 Å². The van der Waals surface area contributed by atoms with Crippen molar-refractivity contribution >= 4 is 235 Å². The summed E-state index contributed by atoms with van der Waals surface area (Å²) in [5, 5.41) is 65.5. The Morgan fingerprint density at radius 2 is 0.764 bits per heavy atom. The summed E-state index contributed by atoms with van der Waals surface area (Å²) in [5.41, 5.74) is -5.49. The number of rotatable bonds is 21. The minimum Gasteiger partial charge on any atom is -0.744 e. The summed E-state index contributed by atoms with van der Waals surface area (Å²) < 4.78 is 188. The van der Waals surface area contributed by atoms with Crippen LogP contribution >= 0.6 is 69.6 Å². The number of halogens is 6. The van der Waals surface area contributed by atoms with Crippen molar-refractivity contribution < 1.29 is 262 Å². The Morgan fingerprint density at radius 1 is 0.415 bits per heavy atom. The number of fused-ring (bicyclic) bond motifs is 2. The van der Waals surface area contributed by atoms with E-state index in [9.17, 15) is 95.3 Å². The van der Waals surface area contributed by atoms with Gasteiger partial charge in [-0.15, -0.1) is 50.8 Å². The van der Waals surface area contributed by atoms with Gasteiger partial charge in [-0.1, -0.05) is 58.5 Å². The topological polar surface area (TPSA) is 588 Å². The smallest absolute Gasteiger partial charge is 0.744 e. The zero-order valence-corrected chi connectivity index (χ0v) is 74.3. The number of nitrogens with zero attached hydrogens (tertiary/aromatic N) is 12. The molecular weight excluding hydrogens is 1700 g/mol. The van der Waals surface area contributed by atoms with Gasteiger partial charge in [0.15, 0.2) is 11.5 Å². The van der Waals surface area contributed by atoms with Crippen LogP contribution in [0.1, 0.15) is 11.1 Å². The molecule has 0 spiro atoms. The summed E-state index contributed by atoms with van der Waals surface area (Å²) in [6.45, 7) is 0. The number of nitrogens with one attached hydrogen (secondary N) is 4. The molecule has 0 atom stereocenters. The standard InChI is InChI=1S/C52H29Cl6N16O21S5.6Na/c53-30-14-26(73(77)78)15-31(54)41(30)69-71-43-37(99(90,91)92)11-22-9-28(96(81,82)83)18-34(39(22)45(43)75)61-51-65-47(57)63-49(67-51)59-24-6-2-20(3-7-24)1-4-21-5-8-25(13-36(21)98(87,88)89)60-50-64-48(58)66-52(68-50)62-35-19-29(97(84,85)86)10-23-12-38(100(93,94)95)44(46(76)40(23)35)72-70-42-32(55)16-27(74(79)80)17-33(42)56;;;;;;/h1-2,4-19,75-76H,(H,81,82,83)(H,84,85,86)(H,87,88,89)(H,90,91,92)(H,93,94,95)(H2,59,61,63,65,67)(H2,60,62,64,66,68);;;;;;/q-1;6*+1/p-5. The molecule has 516 valence electrons. The fourth-order valence-electron chi connectivity index (χ4n) is 8.87. The molecule has 54 heteroatoms. The number of anilines is 8. The van der Waals surface area contributed by atoms with E-state index in [2.05, 4.69) is 77.7 Å². The van der Waals surface area contributed by atoms with Crippen molar-refractivity contribution in [2.24, 2.45) is 20.5 Å². The second kappa shape index (κ2) is 37.6. The van der Waals surface area contributed by atoms with Gasteiger partial charge >= 0.3 is 177 Å². The van der Waals surface area contributed by atoms with E-state index in [0.29, 0.717) is 36.4 Å². The summed E-state index contributed by atoms with van der Waals surface area (Å²) in [6.07, 6.45) is 2.54. The number of hydrogen-bond acceptors (Lipinski definition) is 35. The number of aromatic nitrogens is 6. The Bertz CT molecular complexity index is 5900. The molecule has 10 aromatic rings. The number of hydrogen-bond donors (Lipinski definition) is 6. The van der Waals surface area contributed by atoms with Crippen molar-refractivity contribution in [2.45, 2.75) is 24.5 Å². The van der Waals surface area contributed by atoms with Gasteiger partial charge in [-0.3, -0.25) is 20.2 Å². The van der Waals surface area contributed by atoms with E-state index >= 15 is 0 Å². The van der Waals surface area contributed by atoms with Crippen LogP contribution in [0.2, 0.25) is 30.7 Å². The Morgan fingerprint density at radius 3 is 1.10 bits per heavy atom. The first kappa shape index (κ1) is 94.5. The van der Waals surface area contributed by atoms with Crippen molar-refractivity contribution in [2.75, 3.05) is 21.3 Å². The normalized spacial score (nSPS) is 11.8. The average Bonchev–Trinajstić information content (AvgIpc) is 0.751. The summed E-state index contributed by atoms with van der Waals surface area (Å²) in [4.78, 5) is 39.3. The van der Waals surface area contributed by atoms with Crippen LogP contribution in [0, 0.1) is 26.3 Å². The maximum absolute atomic E-state index is 12.7. The number of aromatic hydroxyl groups is 2. The summed E-state index contributed by atoms with van der Waals surface area (Å²) >= 11 is 36.9. The van der Waals surface area contributed by atoms with Crippen LogP contribution in [-0.4, -0.2) is 115 Å². The molecule has 106 heavy (non-hydrogen) atoms. The van der Waals surface area contributed by atoms with E-state index in [4.69, 9.17) is 69.6 Å². The van der Waals surface area contributed by atoms with Crippen LogP contribution in [0.15, 0.2) is 142 Å². The fourth-order valence-corrected chi connectivity index (χ4v) is 13.3. The molecule has 0 saturated heterocycles. The number of nitro groups is 2. The zero-order chi connectivity index (χ0) is 73.0. The molecule has 37 nitrogen and oxygen atoms in total. The van der Waals surface area contributed by atoms with Crippen LogP contribution in [0.4, 0.5) is 80.7 Å². The monoisotopic (exact) mass is 1720 g/mol. The molecule has 0 aliphatic rings. The SMILES string of the molecule is O=[N+]([O-])c1cc(Cl)c(N=Nc2c(S(=O)(=O)[O-])cc3cc(S(=O)(=O)[O-])cc(Nc4nc(Cl)nc(Nc5c[c-]c(C=Cc6ccc(Nc7nc(Cl)nc(Nc8cc(S(=O)(=O)[O-])cc9cc(S(=O)(=O)[O-])c(N=Nc%10c(Cl)cc([N+](=O)[O-])cc%10Cl)c(O)c89)n7)cc6S(=O)(=O)[O-])cc5)n4)c3c2O)c(Cl)c1.[Na+].[Na+].[Na+].[Na+].[Na+].[Na+]. The molecule has 0 amide bonds. The second-order valence-electron chi connectivity index (χ2n) is 19.6. The number of non-ortho nitro benzene ring substituents is 2. The number of phenolic OH excluding ortho intramolecular Hbond substituents is 2. The third-order valence-corrected chi connectivity index (χ3v) is 18.8.